The van der Waals surface area contributed by atoms with Gasteiger partial charge in [0.2, 0.25) is 0 Å². The molecule has 1 N–H and O–H groups in total. The Kier molecular flexibility index (Phi) is 4.10. The first kappa shape index (κ1) is 14.2. The maximum Gasteiger partial charge on any atom is 0.187 e. The summed E-state index contributed by atoms with van der Waals surface area (Å²) < 4.78 is 11.0. The van der Waals surface area contributed by atoms with Crippen molar-refractivity contribution in [1.82, 2.24) is 0 Å². The first-order valence-corrected chi connectivity index (χ1v) is 7.16. The number of hydrogen-bond acceptors (Lipinski definition) is 4. The van der Waals surface area contributed by atoms with Crippen LogP contribution in [0.25, 0.3) is 0 Å². The minimum Gasteiger partial charge on any atom is -0.486 e. The summed E-state index contributed by atoms with van der Waals surface area (Å²) in [5.41, 5.74) is 2.65. The van der Waals surface area contributed by atoms with Crippen molar-refractivity contribution in [1.29, 1.82) is 0 Å². The molecule has 4 nitrogen and oxygen atoms in total. The average Bonchev–Trinajstić information content (AvgIpc) is 2.55. The Morgan fingerprint density at radius 2 is 1.77 bits per heavy atom. The zero-order valence-corrected chi connectivity index (χ0v) is 12.3. The fourth-order valence-electron chi connectivity index (χ4n) is 2.16. The van der Waals surface area contributed by atoms with E-state index in [1.54, 1.807) is 6.20 Å². The molecule has 0 fully saturated rings. The molecule has 0 amide bonds. The van der Waals surface area contributed by atoms with Gasteiger partial charge in [0.25, 0.3) is 0 Å². The molecule has 0 atom stereocenters. The molecule has 3 rings (SSSR count). The zero-order valence-electron chi connectivity index (χ0n) is 12.3. The number of hydrogen-bond donors (Lipinski definition) is 1. The number of carbonyl (C=O) groups excluding carboxylic acids is 1. The first-order chi connectivity index (χ1) is 10.7. The second-order valence-electron chi connectivity index (χ2n) is 5.07. The molecule has 0 saturated heterocycles. The van der Waals surface area contributed by atoms with Gasteiger partial charge in [0, 0.05) is 29.6 Å². The van der Waals surface area contributed by atoms with Gasteiger partial charge in [-0.3, -0.25) is 4.79 Å². The Hall–Kier alpha value is -2.75. The van der Waals surface area contributed by atoms with E-state index in [1.165, 1.54) is 6.08 Å². The van der Waals surface area contributed by atoms with Gasteiger partial charge >= 0.3 is 0 Å². The van der Waals surface area contributed by atoms with Crippen molar-refractivity contribution < 1.29 is 14.3 Å². The van der Waals surface area contributed by atoms with Crippen molar-refractivity contribution in [2.75, 3.05) is 18.5 Å². The lowest BCUT2D eigenvalue weighted by Crippen LogP contribution is -2.15. The molecule has 1 aliphatic heterocycles. The predicted octanol–water partition coefficient (Wildman–Crippen LogP) is 3.57. The van der Waals surface area contributed by atoms with Gasteiger partial charge < -0.3 is 14.8 Å². The summed E-state index contributed by atoms with van der Waals surface area (Å²) in [4.78, 5) is 12.0. The fourth-order valence-corrected chi connectivity index (χ4v) is 2.16. The molecule has 0 unspecified atom stereocenters. The van der Waals surface area contributed by atoms with Crippen molar-refractivity contribution in [3.8, 4) is 11.5 Å². The molecule has 2 aromatic rings. The van der Waals surface area contributed by atoms with Crippen LogP contribution in [0.3, 0.4) is 0 Å². The molecule has 0 spiro atoms. The smallest absolute Gasteiger partial charge is 0.187 e. The van der Waals surface area contributed by atoms with Crippen LogP contribution in [-0.2, 0) is 0 Å². The van der Waals surface area contributed by atoms with Crippen molar-refractivity contribution in [3.63, 3.8) is 0 Å². The number of allylic oxidation sites excluding steroid dienone is 1. The Bertz CT molecular complexity index is 705. The second-order valence-corrected chi connectivity index (χ2v) is 5.07. The summed E-state index contributed by atoms with van der Waals surface area (Å²) in [7, 11) is 0. The van der Waals surface area contributed by atoms with Gasteiger partial charge in [0.05, 0.1) is 0 Å². The van der Waals surface area contributed by atoms with Crippen LogP contribution in [0.1, 0.15) is 15.9 Å². The van der Waals surface area contributed by atoms with Gasteiger partial charge in [-0.1, -0.05) is 29.8 Å². The van der Waals surface area contributed by atoms with Crippen molar-refractivity contribution in [2.45, 2.75) is 6.92 Å². The molecule has 1 heterocycles. The molecule has 0 saturated carbocycles. The van der Waals surface area contributed by atoms with Crippen LogP contribution in [0.5, 0.6) is 11.5 Å². The lowest BCUT2D eigenvalue weighted by Gasteiger charge is -2.18. The Labute approximate surface area is 129 Å². The first-order valence-electron chi connectivity index (χ1n) is 7.16. The molecule has 0 radical (unpaired) electrons. The third-order valence-corrected chi connectivity index (χ3v) is 3.36. The van der Waals surface area contributed by atoms with E-state index < -0.39 is 0 Å². The van der Waals surface area contributed by atoms with E-state index in [0.29, 0.717) is 18.8 Å². The molecule has 0 aliphatic carbocycles. The van der Waals surface area contributed by atoms with Gasteiger partial charge in [-0.2, -0.15) is 0 Å². The molecule has 112 valence electrons. The molecular weight excluding hydrogens is 278 g/mol. The number of aryl methyl sites for hydroxylation is 1. The van der Waals surface area contributed by atoms with Crippen LogP contribution < -0.4 is 14.8 Å². The largest absolute Gasteiger partial charge is 0.486 e. The van der Waals surface area contributed by atoms with E-state index >= 15 is 0 Å². The van der Waals surface area contributed by atoms with E-state index in [9.17, 15) is 4.79 Å². The SMILES string of the molecule is Cc1ccc(C(=O)C=CNc2ccc3c(c2)OCCO3)cc1. The minimum absolute atomic E-state index is 0.0370. The van der Waals surface area contributed by atoms with Gasteiger partial charge in [-0.05, 0) is 19.1 Å². The lowest BCUT2D eigenvalue weighted by atomic mass is 10.1. The Balaban J connectivity index is 1.64. The number of rotatable bonds is 4. The standard InChI is InChI=1S/C18H17NO3/c1-13-2-4-14(5-3-13)16(20)8-9-19-15-6-7-17-18(12-15)22-11-10-21-17/h2-9,12,19H,10-11H2,1H3. The monoisotopic (exact) mass is 295 g/mol. The Morgan fingerprint density at radius 3 is 2.55 bits per heavy atom. The topological polar surface area (TPSA) is 47.6 Å². The maximum absolute atomic E-state index is 12.0. The van der Waals surface area contributed by atoms with Crippen molar-refractivity contribution >= 4 is 11.5 Å². The van der Waals surface area contributed by atoms with E-state index in [-0.39, 0.29) is 5.78 Å². The van der Waals surface area contributed by atoms with Crippen LogP contribution >= 0.6 is 0 Å². The molecule has 0 bridgehead atoms. The summed E-state index contributed by atoms with van der Waals surface area (Å²) in [6, 6.07) is 13.1. The zero-order chi connectivity index (χ0) is 15.4. The number of carbonyl (C=O) groups is 1. The van der Waals surface area contributed by atoms with E-state index in [2.05, 4.69) is 5.32 Å². The van der Waals surface area contributed by atoms with Gasteiger partial charge in [0.1, 0.15) is 13.2 Å². The highest BCUT2D eigenvalue weighted by Crippen LogP contribution is 2.32. The van der Waals surface area contributed by atoms with Gasteiger partial charge in [0.15, 0.2) is 17.3 Å². The summed E-state index contributed by atoms with van der Waals surface area (Å²) >= 11 is 0. The highest BCUT2D eigenvalue weighted by Gasteiger charge is 2.11. The number of fused-ring (bicyclic) bond motifs is 1. The number of benzene rings is 2. The molecular formula is C18H17NO3. The molecule has 0 aromatic heterocycles. The van der Waals surface area contributed by atoms with Crippen LogP contribution in [0.2, 0.25) is 0 Å². The summed E-state index contributed by atoms with van der Waals surface area (Å²) in [6.07, 6.45) is 3.15. The van der Waals surface area contributed by atoms with Gasteiger partial charge in [-0.25, -0.2) is 0 Å². The van der Waals surface area contributed by atoms with E-state index in [1.807, 2.05) is 49.4 Å². The summed E-state index contributed by atoms with van der Waals surface area (Å²) in [6.45, 7) is 3.12. The highest BCUT2D eigenvalue weighted by molar-refractivity contribution is 6.04. The maximum atomic E-state index is 12.0. The van der Waals surface area contributed by atoms with Crippen LogP contribution in [0.15, 0.2) is 54.7 Å². The number of ketones is 1. The van der Waals surface area contributed by atoms with Gasteiger partial charge in [-0.15, -0.1) is 0 Å². The quantitative estimate of drug-likeness (QED) is 0.692. The second kappa shape index (κ2) is 6.35. The highest BCUT2D eigenvalue weighted by atomic mass is 16.6. The molecule has 2 aromatic carbocycles. The summed E-state index contributed by atoms with van der Waals surface area (Å²) in [5, 5.41) is 3.07. The minimum atomic E-state index is -0.0370. The van der Waals surface area contributed by atoms with Crippen molar-refractivity contribution in [3.05, 3.63) is 65.9 Å². The van der Waals surface area contributed by atoms with Crippen LogP contribution in [0, 0.1) is 6.92 Å². The van der Waals surface area contributed by atoms with E-state index in [4.69, 9.17) is 9.47 Å². The normalized spacial score (nSPS) is 13.1. The Morgan fingerprint density at radius 1 is 1.05 bits per heavy atom. The third kappa shape index (κ3) is 3.28. The number of anilines is 1. The number of ether oxygens (including phenoxy) is 2. The van der Waals surface area contributed by atoms with Crippen LogP contribution in [-0.4, -0.2) is 19.0 Å². The van der Waals surface area contributed by atoms with E-state index in [0.717, 1.165) is 22.7 Å². The average molecular weight is 295 g/mol. The molecule has 1 aliphatic rings. The molecule has 4 heteroatoms. The fraction of sp³-hybridized carbons (Fsp3) is 0.167. The number of nitrogens with one attached hydrogen (secondary N) is 1. The predicted molar refractivity (Wildman–Crippen MR) is 85.7 cm³/mol. The summed E-state index contributed by atoms with van der Waals surface area (Å²) in [5.74, 6) is 1.43. The third-order valence-electron chi connectivity index (χ3n) is 3.36. The lowest BCUT2D eigenvalue weighted by molar-refractivity contribution is 0.104. The van der Waals surface area contributed by atoms with Crippen molar-refractivity contribution in [2.24, 2.45) is 0 Å². The molecule has 22 heavy (non-hydrogen) atoms. The van der Waals surface area contributed by atoms with Crippen LogP contribution in [0.4, 0.5) is 5.69 Å².